The number of carbonyl (C=O) groups is 2. The Balaban J connectivity index is 1.65. The quantitative estimate of drug-likeness (QED) is 0.207. The molecule has 10 nitrogen and oxygen atoms in total. The predicted molar refractivity (Wildman–Crippen MR) is 150 cm³/mol. The Morgan fingerprint density at radius 2 is 1.61 bits per heavy atom. The van der Waals surface area contributed by atoms with Crippen molar-refractivity contribution >= 4 is 48.9 Å². The van der Waals surface area contributed by atoms with Gasteiger partial charge in [-0.1, -0.05) is 32.4 Å². The van der Waals surface area contributed by atoms with Crippen molar-refractivity contribution in [2.24, 2.45) is 0 Å². The fourth-order valence-corrected chi connectivity index (χ4v) is 4.20. The molecule has 0 saturated heterocycles. The van der Waals surface area contributed by atoms with Crippen molar-refractivity contribution < 1.29 is 14.0 Å². The van der Waals surface area contributed by atoms with E-state index in [-0.39, 0.29) is 22.2 Å². The summed E-state index contributed by atoms with van der Waals surface area (Å²) in [6.45, 7) is 11.7. The molecule has 3 aromatic rings. The normalized spacial score (nSPS) is 11.4. The zero-order valence-corrected chi connectivity index (χ0v) is 23.7. The van der Waals surface area contributed by atoms with Gasteiger partial charge in [-0.25, -0.2) is 15.0 Å². The Morgan fingerprint density at radius 3 is 2.13 bits per heavy atom. The molecule has 0 unspecified atom stereocenters. The molecule has 2 amide bonds. The number of carbonyl (C=O) groups excluding carboxylic acids is 2. The topological polar surface area (TPSA) is 133 Å². The van der Waals surface area contributed by atoms with Crippen LogP contribution in [0.4, 0.5) is 17.2 Å². The molecule has 2 aromatic heterocycles. The Morgan fingerprint density at radius 1 is 1.00 bits per heavy atom. The summed E-state index contributed by atoms with van der Waals surface area (Å²) in [5, 5.41) is 15.4. The summed E-state index contributed by atoms with van der Waals surface area (Å²) < 4.78 is 6.18. The second-order valence-electron chi connectivity index (χ2n) is 9.93. The van der Waals surface area contributed by atoms with Crippen molar-refractivity contribution in [3.63, 3.8) is 0 Å². The van der Waals surface area contributed by atoms with Crippen molar-refractivity contribution in [2.45, 2.75) is 38.9 Å². The molecular weight excluding hydrogens is 522 g/mol. The molecule has 198 valence electrons. The highest BCUT2D eigenvalue weighted by molar-refractivity contribution is 6.74. The van der Waals surface area contributed by atoms with E-state index in [0.29, 0.717) is 29.5 Å². The highest BCUT2D eigenvalue weighted by Gasteiger charge is 2.37. The summed E-state index contributed by atoms with van der Waals surface area (Å²) in [6, 6.07) is 9.89. The van der Waals surface area contributed by atoms with Gasteiger partial charge in [0.2, 0.25) is 0 Å². The van der Waals surface area contributed by atoms with Crippen molar-refractivity contribution in [2.75, 3.05) is 28.7 Å². The summed E-state index contributed by atoms with van der Waals surface area (Å²) >= 11 is 5.82. The molecule has 0 atom stereocenters. The van der Waals surface area contributed by atoms with Crippen LogP contribution in [0.5, 0.6) is 0 Å². The SMILES string of the molecule is CC(C)(C)[Si](C)(C)OCCN(C#N)c1ccc(NC(=O)c2nccnc2C(=O)Nc2ccc(Cl)cn2)cc1. The molecule has 0 aliphatic rings. The minimum Gasteiger partial charge on any atom is -0.415 e. The van der Waals surface area contributed by atoms with Crippen LogP contribution in [0.15, 0.2) is 55.0 Å². The van der Waals surface area contributed by atoms with Gasteiger partial charge in [-0.2, -0.15) is 5.26 Å². The molecule has 0 bridgehead atoms. The van der Waals surface area contributed by atoms with Crippen LogP contribution in [0.2, 0.25) is 23.2 Å². The first-order valence-corrected chi connectivity index (χ1v) is 15.2. The van der Waals surface area contributed by atoms with Gasteiger partial charge in [0.1, 0.15) is 5.82 Å². The second-order valence-corrected chi connectivity index (χ2v) is 15.2. The molecule has 0 aliphatic heterocycles. The van der Waals surface area contributed by atoms with E-state index in [1.807, 2.05) is 0 Å². The minimum atomic E-state index is -1.91. The molecule has 38 heavy (non-hydrogen) atoms. The van der Waals surface area contributed by atoms with Gasteiger partial charge in [-0.3, -0.25) is 14.5 Å². The number of nitriles is 1. The molecule has 3 rings (SSSR count). The number of anilines is 3. The van der Waals surface area contributed by atoms with E-state index in [9.17, 15) is 14.9 Å². The zero-order valence-electron chi connectivity index (χ0n) is 21.9. The standard InChI is InChI=1S/C26H30ClN7O3Si/c1-26(2,3)38(4,5)37-15-14-34(17-28)20-9-7-19(8-10-20)32-24(35)22-23(30-13-12-29-22)25(36)33-21-11-6-18(27)16-31-21/h6-13,16H,14-15H2,1-5H3,(H,32,35)(H,31,33,36). The smallest absolute Gasteiger partial charge is 0.277 e. The van der Waals surface area contributed by atoms with E-state index >= 15 is 0 Å². The number of pyridine rings is 1. The first-order valence-electron chi connectivity index (χ1n) is 11.9. The third-order valence-corrected chi connectivity index (χ3v) is 11.0. The number of hydrogen-bond donors (Lipinski definition) is 2. The van der Waals surface area contributed by atoms with Crippen LogP contribution in [0.3, 0.4) is 0 Å². The third kappa shape index (κ3) is 7.35. The van der Waals surface area contributed by atoms with E-state index in [4.69, 9.17) is 16.0 Å². The van der Waals surface area contributed by atoms with E-state index in [1.165, 1.54) is 29.6 Å². The molecule has 0 fully saturated rings. The van der Waals surface area contributed by atoms with Gasteiger partial charge < -0.3 is 15.1 Å². The number of halogens is 1. The minimum absolute atomic E-state index is 0.0841. The number of aromatic nitrogens is 3. The molecular formula is C26H30ClN7O3Si. The van der Waals surface area contributed by atoms with Crippen LogP contribution in [0.25, 0.3) is 0 Å². The van der Waals surface area contributed by atoms with E-state index < -0.39 is 20.1 Å². The van der Waals surface area contributed by atoms with Gasteiger partial charge in [-0.05, 0) is 54.5 Å². The molecule has 0 aliphatic carbocycles. The van der Waals surface area contributed by atoms with Gasteiger partial charge in [0.15, 0.2) is 25.9 Å². The predicted octanol–water partition coefficient (Wildman–Crippen LogP) is 5.34. The van der Waals surface area contributed by atoms with Crippen LogP contribution in [0.1, 0.15) is 41.7 Å². The van der Waals surface area contributed by atoms with E-state index in [1.54, 1.807) is 30.3 Å². The lowest BCUT2D eigenvalue weighted by Crippen LogP contribution is -2.42. The molecule has 2 N–H and O–H groups in total. The maximum Gasteiger partial charge on any atom is 0.277 e. The lowest BCUT2D eigenvalue weighted by molar-refractivity contribution is 0.0982. The first kappa shape index (κ1) is 28.7. The van der Waals surface area contributed by atoms with E-state index in [2.05, 4.69) is 65.6 Å². The molecule has 0 radical (unpaired) electrons. The Bertz CT molecular complexity index is 1320. The molecule has 0 spiro atoms. The number of rotatable bonds is 9. The van der Waals surface area contributed by atoms with Crippen LogP contribution in [0, 0.1) is 11.5 Å². The van der Waals surface area contributed by atoms with Gasteiger partial charge in [0.05, 0.1) is 23.9 Å². The Kier molecular flexibility index (Phi) is 9.16. The van der Waals surface area contributed by atoms with Crippen molar-refractivity contribution in [1.82, 2.24) is 15.0 Å². The number of benzene rings is 1. The highest BCUT2D eigenvalue weighted by Crippen LogP contribution is 2.36. The number of nitrogens with zero attached hydrogens (tertiary/aromatic N) is 5. The maximum atomic E-state index is 12.9. The molecule has 12 heteroatoms. The summed E-state index contributed by atoms with van der Waals surface area (Å²) in [4.78, 5) is 39.3. The highest BCUT2D eigenvalue weighted by atomic mass is 35.5. The average Bonchev–Trinajstić information content (AvgIpc) is 2.88. The summed E-state index contributed by atoms with van der Waals surface area (Å²) in [5.41, 5.74) is 0.824. The van der Waals surface area contributed by atoms with Gasteiger partial charge in [0.25, 0.3) is 11.8 Å². The van der Waals surface area contributed by atoms with Crippen molar-refractivity contribution in [3.8, 4) is 6.19 Å². The van der Waals surface area contributed by atoms with Gasteiger partial charge in [0, 0.05) is 24.3 Å². The van der Waals surface area contributed by atoms with Crippen molar-refractivity contribution in [3.05, 3.63) is 71.4 Å². The first-order chi connectivity index (χ1) is 17.9. The van der Waals surface area contributed by atoms with Crippen LogP contribution in [-0.2, 0) is 4.43 Å². The largest absolute Gasteiger partial charge is 0.415 e. The summed E-state index contributed by atoms with van der Waals surface area (Å²) in [5.74, 6) is -0.998. The van der Waals surface area contributed by atoms with Gasteiger partial charge in [-0.15, -0.1) is 0 Å². The number of nitrogens with one attached hydrogen (secondary N) is 2. The third-order valence-electron chi connectivity index (χ3n) is 6.24. The average molecular weight is 552 g/mol. The van der Waals surface area contributed by atoms with Crippen LogP contribution >= 0.6 is 11.6 Å². The van der Waals surface area contributed by atoms with Crippen LogP contribution in [-0.4, -0.2) is 48.2 Å². The molecule has 1 aromatic carbocycles. The number of hydrogen-bond acceptors (Lipinski definition) is 8. The maximum absolute atomic E-state index is 12.9. The Labute approximate surface area is 228 Å². The van der Waals surface area contributed by atoms with Crippen LogP contribution < -0.4 is 15.5 Å². The summed E-state index contributed by atoms with van der Waals surface area (Å²) in [7, 11) is -1.91. The molecule has 2 heterocycles. The number of amides is 2. The lowest BCUT2D eigenvalue weighted by Gasteiger charge is -2.36. The fraction of sp³-hybridized carbons (Fsp3) is 0.308. The van der Waals surface area contributed by atoms with Crippen molar-refractivity contribution in [1.29, 1.82) is 5.26 Å². The zero-order chi connectivity index (χ0) is 27.9. The second kappa shape index (κ2) is 12.1. The van der Waals surface area contributed by atoms with E-state index in [0.717, 1.165) is 0 Å². The Hall–Kier alpha value is -3.85. The summed E-state index contributed by atoms with van der Waals surface area (Å²) in [6.07, 6.45) is 6.21. The fourth-order valence-electron chi connectivity index (χ4n) is 3.06. The lowest BCUT2D eigenvalue weighted by atomic mass is 10.2. The van der Waals surface area contributed by atoms with Gasteiger partial charge >= 0.3 is 0 Å². The molecule has 0 saturated carbocycles. The monoisotopic (exact) mass is 551 g/mol.